The van der Waals surface area contributed by atoms with E-state index in [0.717, 1.165) is 0 Å². The average molecular weight is 318 g/mol. The predicted octanol–water partition coefficient (Wildman–Crippen LogP) is 3.16. The SMILES string of the molecule is O=C1c2ccccc2C(=O)C1CCC1C(=O)c2ccccc2C1=O. The number of carbonyl (C=O) groups excluding carboxylic acids is 4. The van der Waals surface area contributed by atoms with Gasteiger partial charge in [0, 0.05) is 22.3 Å². The molecule has 0 fully saturated rings. The van der Waals surface area contributed by atoms with Crippen molar-refractivity contribution in [2.24, 2.45) is 11.8 Å². The number of ketones is 4. The molecule has 2 aromatic rings. The molecule has 118 valence electrons. The number of carbonyl (C=O) groups is 4. The molecular formula is C20H14O4. The lowest BCUT2D eigenvalue weighted by atomic mass is 9.90. The second kappa shape index (κ2) is 5.34. The van der Waals surface area contributed by atoms with Crippen LogP contribution < -0.4 is 0 Å². The van der Waals surface area contributed by atoms with Gasteiger partial charge in [-0.3, -0.25) is 19.2 Å². The van der Waals surface area contributed by atoms with Gasteiger partial charge >= 0.3 is 0 Å². The van der Waals surface area contributed by atoms with E-state index in [0.29, 0.717) is 22.3 Å². The van der Waals surface area contributed by atoms with Crippen LogP contribution in [0.3, 0.4) is 0 Å². The summed E-state index contributed by atoms with van der Waals surface area (Å²) in [5.74, 6) is -2.35. The summed E-state index contributed by atoms with van der Waals surface area (Å²) >= 11 is 0. The monoisotopic (exact) mass is 318 g/mol. The van der Waals surface area contributed by atoms with Gasteiger partial charge in [0.2, 0.25) is 0 Å². The lowest BCUT2D eigenvalue weighted by Gasteiger charge is -2.10. The van der Waals surface area contributed by atoms with Gasteiger partial charge in [0.1, 0.15) is 0 Å². The van der Waals surface area contributed by atoms with E-state index in [4.69, 9.17) is 0 Å². The van der Waals surface area contributed by atoms with E-state index in [-0.39, 0.29) is 36.0 Å². The van der Waals surface area contributed by atoms with Gasteiger partial charge < -0.3 is 0 Å². The molecule has 0 bridgehead atoms. The van der Waals surface area contributed by atoms with Crippen LogP contribution in [0.5, 0.6) is 0 Å². The Hall–Kier alpha value is -2.88. The Bertz CT molecular complexity index is 764. The Labute approximate surface area is 138 Å². The third kappa shape index (κ3) is 1.99. The highest BCUT2D eigenvalue weighted by Crippen LogP contribution is 2.34. The van der Waals surface area contributed by atoms with Crippen LogP contribution in [0.1, 0.15) is 54.3 Å². The zero-order valence-corrected chi connectivity index (χ0v) is 12.8. The van der Waals surface area contributed by atoms with Gasteiger partial charge in [0.15, 0.2) is 23.1 Å². The molecule has 24 heavy (non-hydrogen) atoms. The minimum atomic E-state index is -0.772. The Morgan fingerprint density at radius 2 is 0.750 bits per heavy atom. The van der Waals surface area contributed by atoms with E-state index in [1.165, 1.54) is 0 Å². The highest BCUT2D eigenvalue weighted by Gasteiger charge is 2.42. The first kappa shape index (κ1) is 14.7. The highest BCUT2D eigenvalue weighted by atomic mass is 16.2. The summed E-state index contributed by atoms with van der Waals surface area (Å²) in [7, 11) is 0. The van der Waals surface area contributed by atoms with Crippen LogP contribution in [0.4, 0.5) is 0 Å². The molecule has 0 aliphatic heterocycles. The average Bonchev–Trinajstić information content (AvgIpc) is 3.00. The van der Waals surface area contributed by atoms with Crippen LogP contribution in [0.15, 0.2) is 48.5 Å². The van der Waals surface area contributed by atoms with Crippen molar-refractivity contribution >= 4 is 23.1 Å². The van der Waals surface area contributed by atoms with Crippen molar-refractivity contribution in [1.82, 2.24) is 0 Å². The van der Waals surface area contributed by atoms with E-state index in [1.807, 2.05) is 0 Å². The highest BCUT2D eigenvalue weighted by molar-refractivity contribution is 6.27. The minimum Gasteiger partial charge on any atom is -0.293 e. The van der Waals surface area contributed by atoms with Gasteiger partial charge in [-0.2, -0.15) is 0 Å². The summed E-state index contributed by atoms with van der Waals surface area (Å²) in [6, 6.07) is 13.5. The van der Waals surface area contributed by atoms with Crippen LogP contribution in [0, 0.1) is 11.8 Å². The van der Waals surface area contributed by atoms with E-state index in [2.05, 4.69) is 0 Å². The smallest absolute Gasteiger partial charge is 0.174 e. The van der Waals surface area contributed by atoms with E-state index in [1.54, 1.807) is 48.5 Å². The molecule has 0 saturated heterocycles. The Morgan fingerprint density at radius 1 is 0.500 bits per heavy atom. The summed E-state index contributed by atoms with van der Waals surface area (Å²) in [5, 5.41) is 0. The molecule has 0 aromatic heterocycles. The predicted molar refractivity (Wildman–Crippen MR) is 86.4 cm³/mol. The van der Waals surface area contributed by atoms with Crippen LogP contribution in [0.25, 0.3) is 0 Å². The normalized spacial score (nSPS) is 17.5. The standard InChI is InChI=1S/C20H14O4/c21-17-11-5-1-2-6-12(11)18(22)15(17)9-10-16-19(23)13-7-3-4-8-14(13)20(16)24/h1-8,15-16H,9-10H2. The fourth-order valence-corrected chi connectivity index (χ4v) is 3.67. The number of hydrogen-bond acceptors (Lipinski definition) is 4. The molecule has 4 heteroatoms. The van der Waals surface area contributed by atoms with Crippen molar-refractivity contribution in [3.8, 4) is 0 Å². The quantitative estimate of drug-likeness (QED) is 0.815. The third-order valence-electron chi connectivity index (χ3n) is 4.93. The Kier molecular flexibility index (Phi) is 3.27. The van der Waals surface area contributed by atoms with Crippen LogP contribution in [-0.2, 0) is 0 Å². The van der Waals surface area contributed by atoms with E-state index >= 15 is 0 Å². The first-order valence-electron chi connectivity index (χ1n) is 7.94. The lowest BCUT2D eigenvalue weighted by molar-refractivity contribution is 0.0770. The molecule has 0 N–H and O–H groups in total. The molecule has 4 nitrogen and oxygen atoms in total. The van der Waals surface area contributed by atoms with Crippen molar-refractivity contribution < 1.29 is 19.2 Å². The van der Waals surface area contributed by atoms with Crippen LogP contribution in [-0.4, -0.2) is 23.1 Å². The Balaban J connectivity index is 1.53. The number of hydrogen-bond donors (Lipinski definition) is 0. The molecular weight excluding hydrogens is 304 g/mol. The largest absolute Gasteiger partial charge is 0.293 e. The summed E-state index contributed by atoms with van der Waals surface area (Å²) in [6.45, 7) is 0. The molecule has 4 rings (SSSR count). The van der Waals surface area contributed by atoms with Crippen molar-refractivity contribution in [2.45, 2.75) is 12.8 Å². The fourth-order valence-electron chi connectivity index (χ4n) is 3.67. The molecule has 0 radical (unpaired) electrons. The van der Waals surface area contributed by atoms with Crippen molar-refractivity contribution in [3.63, 3.8) is 0 Å². The summed E-state index contributed by atoms with van der Waals surface area (Å²) in [4.78, 5) is 49.6. The number of benzene rings is 2. The van der Waals surface area contributed by atoms with Gasteiger partial charge in [-0.15, -0.1) is 0 Å². The molecule has 0 saturated carbocycles. The molecule has 0 atom stereocenters. The third-order valence-corrected chi connectivity index (χ3v) is 4.93. The molecule has 0 spiro atoms. The molecule has 2 aliphatic carbocycles. The molecule has 0 amide bonds. The van der Waals surface area contributed by atoms with E-state index < -0.39 is 11.8 Å². The number of Topliss-reactive ketones (excluding diaryl/α,β-unsaturated/α-hetero) is 4. The van der Waals surface area contributed by atoms with Gasteiger partial charge in [-0.25, -0.2) is 0 Å². The summed E-state index contributed by atoms with van der Waals surface area (Å²) < 4.78 is 0. The van der Waals surface area contributed by atoms with Gasteiger partial charge in [0.05, 0.1) is 11.8 Å². The second-order valence-corrected chi connectivity index (χ2v) is 6.23. The summed E-state index contributed by atoms with van der Waals surface area (Å²) in [6.07, 6.45) is 0.449. The van der Waals surface area contributed by atoms with Crippen molar-refractivity contribution in [1.29, 1.82) is 0 Å². The second-order valence-electron chi connectivity index (χ2n) is 6.23. The fraction of sp³-hybridized carbons (Fsp3) is 0.200. The van der Waals surface area contributed by atoms with Gasteiger partial charge in [0.25, 0.3) is 0 Å². The topological polar surface area (TPSA) is 68.3 Å². The molecule has 2 aliphatic rings. The van der Waals surface area contributed by atoms with Crippen LogP contribution in [0.2, 0.25) is 0 Å². The maximum Gasteiger partial charge on any atom is 0.174 e. The van der Waals surface area contributed by atoms with E-state index in [9.17, 15) is 19.2 Å². The Morgan fingerprint density at radius 3 is 1.00 bits per heavy atom. The van der Waals surface area contributed by atoms with Crippen molar-refractivity contribution in [2.75, 3.05) is 0 Å². The zero-order valence-electron chi connectivity index (χ0n) is 12.8. The lowest BCUT2D eigenvalue weighted by Crippen LogP contribution is -2.21. The zero-order chi connectivity index (χ0) is 16.8. The first-order chi connectivity index (χ1) is 11.6. The van der Waals surface area contributed by atoms with Gasteiger partial charge in [-0.1, -0.05) is 48.5 Å². The van der Waals surface area contributed by atoms with Crippen molar-refractivity contribution in [3.05, 3.63) is 70.8 Å². The maximum absolute atomic E-state index is 12.4. The molecule has 0 heterocycles. The van der Waals surface area contributed by atoms with Gasteiger partial charge in [-0.05, 0) is 12.8 Å². The van der Waals surface area contributed by atoms with Crippen LogP contribution >= 0.6 is 0 Å². The maximum atomic E-state index is 12.4. The molecule has 2 aromatic carbocycles. The first-order valence-corrected chi connectivity index (χ1v) is 7.94. The summed E-state index contributed by atoms with van der Waals surface area (Å²) in [5.41, 5.74) is 1.78. The number of fused-ring (bicyclic) bond motifs is 2. The number of rotatable bonds is 3. The molecule has 0 unspecified atom stereocenters. The minimum absolute atomic E-state index is 0.203.